The lowest BCUT2D eigenvalue weighted by Crippen LogP contribution is -2.54. The highest BCUT2D eigenvalue weighted by molar-refractivity contribution is 6.74. The molecule has 0 aliphatic heterocycles. The molecule has 0 aliphatic carbocycles. The highest BCUT2D eigenvalue weighted by atomic mass is 28.4. The second-order valence-corrected chi connectivity index (χ2v) is 12.6. The quantitative estimate of drug-likeness (QED) is 0.456. The van der Waals surface area contributed by atoms with Crippen LogP contribution in [0.1, 0.15) is 53.9 Å². The fourth-order valence-corrected chi connectivity index (χ4v) is 3.54. The summed E-state index contributed by atoms with van der Waals surface area (Å²) in [5.41, 5.74) is 0. The monoisotopic (exact) mass is 389 g/mol. The molecule has 0 rings (SSSR count). The summed E-state index contributed by atoms with van der Waals surface area (Å²) in [6, 6.07) is -0.908. The molecule has 0 fully saturated rings. The molecule has 1 amide bonds. The first-order valence-corrected chi connectivity index (χ1v) is 11.9. The van der Waals surface area contributed by atoms with Crippen molar-refractivity contribution in [1.82, 2.24) is 5.32 Å². The van der Waals surface area contributed by atoms with Crippen LogP contribution in [0.15, 0.2) is 0 Å². The molecule has 0 heterocycles. The number of carbonyl (C=O) groups is 3. The van der Waals surface area contributed by atoms with E-state index in [1.807, 2.05) is 0 Å². The maximum absolute atomic E-state index is 12.2. The number of esters is 2. The van der Waals surface area contributed by atoms with Crippen molar-refractivity contribution in [1.29, 1.82) is 0 Å². The number of carbonyl (C=O) groups excluding carboxylic acids is 3. The normalized spacial score (nSPS) is 14.3. The smallest absolute Gasteiger partial charge is 0.331 e. The van der Waals surface area contributed by atoms with Crippen LogP contribution in [0.3, 0.4) is 0 Å². The molecule has 0 aliphatic rings. The molecule has 0 radical (unpaired) electrons. The van der Waals surface area contributed by atoms with Gasteiger partial charge in [0, 0.05) is 13.3 Å². The molecule has 0 saturated carbocycles. The summed E-state index contributed by atoms with van der Waals surface area (Å²) in [5.74, 6) is -1.18. The van der Waals surface area contributed by atoms with Crippen LogP contribution in [0.25, 0.3) is 0 Å². The zero-order chi connectivity index (χ0) is 20.5. The van der Waals surface area contributed by atoms with Gasteiger partial charge in [-0.15, -0.1) is 0 Å². The van der Waals surface area contributed by atoms with Gasteiger partial charge in [0.25, 0.3) is 0 Å². The molecule has 0 aromatic heterocycles. The minimum absolute atomic E-state index is 0.0662. The molecule has 0 aromatic carbocycles. The van der Waals surface area contributed by atoms with E-state index >= 15 is 0 Å². The molecule has 1 N–H and O–H groups in total. The third-order valence-electron chi connectivity index (χ3n) is 4.61. The average Bonchev–Trinajstić information content (AvgIpc) is 2.49. The first-order valence-electron chi connectivity index (χ1n) is 9.04. The van der Waals surface area contributed by atoms with E-state index in [2.05, 4.69) is 39.2 Å². The Labute approximate surface area is 158 Å². The molecule has 152 valence electrons. The van der Waals surface area contributed by atoms with Crippen LogP contribution in [-0.4, -0.2) is 52.0 Å². The van der Waals surface area contributed by atoms with E-state index in [-0.39, 0.29) is 23.3 Å². The van der Waals surface area contributed by atoms with Crippen molar-refractivity contribution in [3.05, 3.63) is 0 Å². The molecule has 0 unspecified atom stereocenters. The van der Waals surface area contributed by atoms with Crippen molar-refractivity contribution in [2.24, 2.45) is 0 Å². The summed E-state index contributed by atoms with van der Waals surface area (Å²) in [6.07, 6.45) is 0.595. The number of rotatable bonds is 10. The van der Waals surface area contributed by atoms with E-state index in [1.54, 1.807) is 6.92 Å². The van der Waals surface area contributed by atoms with Crippen molar-refractivity contribution >= 4 is 26.2 Å². The Morgan fingerprint density at radius 3 is 2.15 bits per heavy atom. The molecule has 7 nitrogen and oxygen atoms in total. The molecule has 0 bridgehead atoms. The van der Waals surface area contributed by atoms with Crippen molar-refractivity contribution < 1.29 is 28.3 Å². The lowest BCUT2D eigenvalue weighted by atomic mass is 10.0. The minimum atomic E-state index is -2.21. The van der Waals surface area contributed by atoms with E-state index in [9.17, 15) is 14.4 Å². The topological polar surface area (TPSA) is 90.9 Å². The fourth-order valence-electron chi connectivity index (χ4n) is 2.18. The summed E-state index contributed by atoms with van der Waals surface area (Å²) in [7, 11) is -0.931. The van der Waals surface area contributed by atoms with Crippen molar-refractivity contribution in [3.8, 4) is 0 Å². The Morgan fingerprint density at radius 1 is 1.15 bits per heavy atom. The van der Waals surface area contributed by atoms with Gasteiger partial charge in [0.1, 0.15) is 0 Å². The lowest BCUT2D eigenvalue weighted by molar-refractivity contribution is -0.148. The van der Waals surface area contributed by atoms with Gasteiger partial charge in [-0.1, -0.05) is 20.8 Å². The molecule has 26 heavy (non-hydrogen) atoms. The van der Waals surface area contributed by atoms with Crippen LogP contribution in [0.5, 0.6) is 0 Å². The van der Waals surface area contributed by atoms with Crippen LogP contribution in [0.4, 0.5) is 0 Å². The van der Waals surface area contributed by atoms with Crippen LogP contribution >= 0.6 is 0 Å². The molecule has 0 saturated heterocycles. The van der Waals surface area contributed by atoms with Crippen molar-refractivity contribution in [2.45, 2.75) is 84.2 Å². The summed E-state index contributed by atoms with van der Waals surface area (Å²) >= 11 is 0. The predicted molar refractivity (Wildman–Crippen MR) is 102 cm³/mol. The van der Waals surface area contributed by atoms with Crippen LogP contribution in [0, 0.1) is 0 Å². The first kappa shape index (κ1) is 24.6. The van der Waals surface area contributed by atoms with Gasteiger partial charge in [-0.2, -0.15) is 0 Å². The van der Waals surface area contributed by atoms with Gasteiger partial charge >= 0.3 is 11.9 Å². The molecule has 0 aromatic rings. The third kappa shape index (κ3) is 8.31. The Hall–Kier alpha value is -1.41. The molecular weight excluding hydrogens is 354 g/mol. The Morgan fingerprint density at radius 2 is 1.73 bits per heavy atom. The van der Waals surface area contributed by atoms with Crippen LogP contribution in [-0.2, 0) is 28.3 Å². The lowest BCUT2D eigenvalue weighted by Gasteiger charge is -2.41. The molecular formula is C18H35NO6Si. The summed E-state index contributed by atoms with van der Waals surface area (Å²) in [4.78, 5) is 35.4. The fraction of sp³-hybridized carbons (Fsp3) is 0.833. The van der Waals surface area contributed by atoms with E-state index in [4.69, 9.17) is 13.9 Å². The Kier molecular flexibility index (Phi) is 10.1. The molecule has 0 spiro atoms. The average molecular weight is 390 g/mol. The standard InChI is InChI=1S/C18H35NO6Si/c1-9-24-15(21)12-10-11-14(25-26(7,8)18(3,4)5)16(17(22)23-6)19-13(2)20/h14,16H,9-12H2,1-8H3,(H,19,20)/t14-,16-/m0/s1. The van der Waals surface area contributed by atoms with Gasteiger partial charge in [0.05, 0.1) is 19.8 Å². The van der Waals surface area contributed by atoms with Gasteiger partial charge in [-0.05, 0) is 37.9 Å². The third-order valence-corrected chi connectivity index (χ3v) is 9.12. The maximum Gasteiger partial charge on any atom is 0.331 e. The van der Waals surface area contributed by atoms with Gasteiger partial charge < -0.3 is 19.2 Å². The van der Waals surface area contributed by atoms with Crippen LogP contribution in [0.2, 0.25) is 18.1 Å². The van der Waals surface area contributed by atoms with E-state index in [0.29, 0.717) is 19.4 Å². The van der Waals surface area contributed by atoms with Crippen molar-refractivity contribution in [2.75, 3.05) is 13.7 Å². The highest BCUT2D eigenvalue weighted by Gasteiger charge is 2.42. The number of amides is 1. The molecule has 2 atom stereocenters. The summed E-state index contributed by atoms with van der Waals surface area (Å²) in [5, 5.41) is 2.57. The van der Waals surface area contributed by atoms with E-state index < -0.39 is 26.4 Å². The van der Waals surface area contributed by atoms with E-state index in [1.165, 1.54) is 14.0 Å². The van der Waals surface area contributed by atoms with Gasteiger partial charge in [-0.25, -0.2) is 4.79 Å². The Bertz CT molecular complexity index is 487. The van der Waals surface area contributed by atoms with Gasteiger partial charge in [-0.3, -0.25) is 9.59 Å². The van der Waals surface area contributed by atoms with Crippen LogP contribution < -0.4 is 5.32 Å². The predicted octanol–water partition coefficient (Wildman–Crippen LogP) is 2.79. The first-order chi connectivity index (χ1) is 11.9. The summed E-state index contributed by atoms with van der Waals surface area (Å²) < 4.78 is 16.2. The molecule has 8 heteroatoms. The van der Waals surface area contributed by atoms with Crippen molar-refractivity contribution in [3.63, 3.8) is 0 Å². The number of nitrogens with one attached hydrogen (secondary N) is 1. The maximum atomic E-state index is 12.2. The summed E-state index contributed by atoms with van der Waals surface area (Å²) in [6.45, 7) is 13.9. The van der Waals surface area contributed by atoms with Gasteiger partial charge in [0.15, 0.2) is 14.4 Å². The second-order valence-electron chi connectivity index (χ2n) is 7.82. The highest BCUT2D eigenvalue weighted by Crippen LogP contribution is 2.38. The minimum Gasteiger partial charge on any atom is -0.467 e. The second kappa shape index (κ2) is 10.7. The number of methoxy groups -OCH3 is 1. The largest absolute Gasteiger partial charge is 0.467 e. The van der Waals surface area contributed by atoms with Gasteiger partial charge in [0.2, 0.25) is 5.91 Å². The Balaban J connectivity index is 5.37. The SMILES string of the molecule is CCOC(=O)CCC[C@H](O[Si](C)(C)C(C)(C)C)[C@H](NC(C)=O)C(=O)OC. The zero-order valence-corrected chi connectivity index (χ0v) is 18.4. The zero-order valence-electron chi connectivity index (χ0n) is 17.4. The van der Waals surface area contributed by atoms with E-state index in [0.717, 1.165) is 0 Å². The number of hydrogen-bond donors (Lipinski definition) is 1. The number of hydrogen-bond acceptors (Lipinski definition) is 6. The number of ether oxygens (including phenoxy) is 2.